The van der Waals surface area contributed by atoms with Crippen molar-refractivity contribution in [1.29, 1.82) is 0 Å². The molecule has 2 saturated heterocycles. The van der Waals surface area contributed by atoms with Crippen LogP contribution < -0.4 is 10.2 Å². The Bertz CT molecular complexity index is 1470. The first-order valence-corrected chi connectivity index (χ1v) is 13.1. The molecule has 3 heterocycles. The second-order valence-corrected chi connectivity index (χ2v) is 10.3. The monoisotopic (exact) mass is 592 g/mol. The van der Waals surface area contributed by atoms with Crippen molar-refractivity contribution in [1.82, 2.24) is 0 Å². The number of aliphatic hydroxyl groups is 6. The zero-order chi connectivity index (χ0) is 30.5. The number of ether oxygens (including phenoxy) is 4. The quantitative estimate of drug-likeness (QED) is 0.176. The third-order valence-corrected chi connectivity index (χ3v) is 7.64. The molecule has 0 unspecified atom stereocenters. The van der Waals surface area contributed by atoms with Crippen LogP contribution in [0.15, 0.2) is 45.6 Å². The minimum absolute atomic E-state index is 0.133. The van der Waals surface area contributed by atoms with Crippen LogP contribution >= 0.6 is 0 Å². The van der Waals surface area contributed by atoms with E-state index < -0.39 is 90.3 Å². The van der Waals surface area contributed by atoms with E-state index in [2.05, 4.69) is 0 Å². The molecule has 8 N–H and O–H groups in total. The number of hydrogen-bond donors (Lipinski definition) is 8. The zero-order valence-electron chi connectivity index (χ0n) is 22.5. The van der Waals surface area contributed by atoms with Crippen LogP contribution in [0.4, 0.5) is 0 Å². The first-order chi connectivity index (χ1) is 20.0. The molecule has 2 aliphatic heterocycles. The third-order valence-electron chi connectivity index (χ3n) is 7.64. The lowest BCUT2D eigenvalue weighted by molar-refractivity contribution is -0.338. The molecule has 14 heteroatoms. The molecule has 42 heavy (non-hydrogen) atoms. The van der Waals surface area contributed by atoms with Gasteiger partial charge in [0.1, 0.15) is 82.8 Å². The lowest BCUT2D eigenvalue weighted by Gasteiger charge is -2.46. The van der Waals surface area contributed by atoms with Crippen molar-refractivity contribution >= 4 is 11.0 Å². The fourth-order valence-electron chi connectivity index (χ4n) is 5.24. The van der Waals surface area contributed by atoms with Gasteiger partial charge in [0.2, 0.25) is 0 Å². The number of aliphatic hydroxyl groups excluding tert-OH is 6. The average Bonchev–Trinajstić information content (AvgIpc) is 2.97. The van der Waals surface area contributed by atoms with Gasteiger partial charge in [-0.15, -0.1) is 0 Å². The number of phenols is 2. The Morgan fingerprint density at radius 2 is 1.57 bits per heavy atom. The fraction of sp³-hybridized carbons (Fsp3) is 0.464. The number of methoxy groups -OCH3 is 1. The van der Waals surface area contributed by atoms with E-state index in [1.807, 2.05) is 0 Å². The van der Waals surface area contributed by atoms with Gasteiger partial charge in [0.25, 0.3) is 0 Å². The van der Waals surface area contributed by atoms with Crippen molar-refractivity contribution < 1.29 is 64.2 Å². The van der Waals surface area contributed by atoms with Crippen LogP contribution in [0, 0.1) is 0 Å². The van der Waals surface area contributed by atoms with Gasteiger partial charge in [-0.2, -0.15) is 0 Å². The van der Waals surface area contributed by atoms with Crippen LogP contribution in [-0.4, -0.2) is 110 Å². The van der Waals surface area contributed by atoms with Crippen LogP contribution in [-0.2, 0) is 14.2 Å². The zero-order valence-corrected chi connectivity index (χ0v) is 22.5. The lowest BCUT2D eigenvalue weighted by atomic mass is 9.89. The number of benzene rings is 2. The first-order valence-electron chi connectivity index (χ1n) is 13.1. The molecule has 2 aromatic carbocycles. The maximum atomic E-state index is 13.2. The van der Waals surface area contributed by atoms with Crippen molar-refractivity contribution in [2.24, 2.45) is 0 Å². The van der Waals surface area contributed by atoms with E-state index >= 15 is 0 Å². The Morgan fingerprint density at radius 3 is 2.21 bits per heavy atom. The Balaban J connectivity index is 1.58. The van der Waals surface area contributed by atoms with Crippen molar-refractivity contribution in [3.8, 4) is 28.6 Å². The molecular weight excluding hydrogens is 560 g/mol. The maximum absolute atomic E-state index is 13.2. The second-order valence-electron chi connectivity index (χ2n) is 10.3. The highest BCUT2D eigenvalue weighted by Gasteiger charge is 2.51. The standard InChI is InChI=1S/C28H32O14/c1-10-20(32)23(35)25(37)28(39-10)42-27-24(36)21(33)17(9-29)41-26(27)19-14(31)8-16-18(22(19)34)13(30)7-15(40-16)11-3-5-12(38-2)6-4-11/h3-8,10,17,20-21,23-29,31-37H,9H2,1-2H3/t10-,17+,20-,21+,23-,24+,25+,26-,27+,28-/m0/s1. The topological polar surface area (TPSA) is 229 Å². The van der Waals surface area contributed by atoms with Gasteiger partial charge in [-0.1, -0.05) is 0 Å². The predicted octanol–water partition coefficient (Wildman–Crippen LogP) is -0.754. The molecule has 228 valence electrons. The molecule has 14 nitrogen and oxygen atoms in total. The highest BCUT2D eigenvalue weighted by Crippen LogP contribution is 2.46. The normalized spacial score (nSPS) is 33.5. The van der Waals surface area contributed by atoms with Crippen LogP contribution in [0.1, 0.15) is 18.6 Å². The molecular formula is C28H32O14. The van der Waals surface area contributed by atoms with Gasteiger partial charge in [-0.3, -0.25) is 4.79 Å². The van der Waals surface area contributed by atoms with E-state index in [0.29, 0.717) is 11.3 Å². The smallest absolute Gasteiger partial charge is 0.197 e. The summed E-state index contributed by atoms with van der Waals surface area (Å²) >= 11 is 0. The minimum Gasteiger partial charge on any atom is -0.507 e. The van der Waals surface area contributed by atoms with Gasteiger partial charge in [0, 0.05) is 17.7 Å². The predicted molar refractivity (Wildman–Crippen MR) is 142 cm³/mol. The summed E-state index contributed by atoms with van der Waals surface area (Å²) in [6, 6.07) is 8.80. The van der Waals surface area contributed by atoms with E-state index in [1.54, 1.807) is 24.3 Å². The summed E-state index contributed by atoms with van der Waals surface area (Å²) in [5.41, 5.74) is -0.806. The molecule has 2 aliphatic rings. The molecule has 0 aliphatic carbocycles. The molecule has 0 bridgehead atoms. The number of fused-ring (bicyclic) bond motifs is 1. The van der Waals surface area contributed by atoms with E-state index in [1.165, 1.54) is 14.0 Å². The van der Waals surface area contributed by atoms with Gasteiger partial charge in [-0.25, -0.2) is 0 Å². The maximum Gasteiger partial charge on any atom is 0.197 e. The van der Waals surface area contributed by atoms with Crippen LogP contribution in [0.2, 0.25) is 0 Å². The molecule has 0 radical (unpaired) electrons. The highest BCUT2D eigenvalue weighted by molar-refractivity contribution is 5.88. The Labute approximate surface area is 238 Å². The van der Waals surface area contributed by atoms with Crippen LogP contribution in [0.3, 0.4) is 0 Å². The molecule has 3 aromatic rings. The summed E-state index contributed by atoms with van der Waals surface area (Å²) in [7, 11) is 1.50. The van der Waals surface area contributed by atoms with Crippen molar-refractivity contribution in [3.05, 3.63) is 52.2 Å². The number of rotatable bonds is 6. The highest BCUT2D eigenvalue weighted by atomic mass is 16.7. The molecule has 10 atom stereocenters. The van der Waals surface area contributed by atoms with Gasteiger partial charge in [0.05, 0.1) is 25.4 Å². The summed E-state index contributed by atoms with van der Waals surface area (Å²) in [5, 5.41) is 83.9. The lowest BCUT2D eigenvalue weighted by Crippen LogP contribution is -2.61. The van der Waals surface area contributed by atoms with Crippen molar-refractivity contribution in [3.63, 3.8) is 0 Å². The Morgan fingerprint density at radius 1 is 0.881 bits per heavy atom. The summed E-state index contributed by atoms with van der Waals surface area (Å²) in [6.45, 7) is 0.618. The van der Waals surface area contributed by atoms with Gasteiger partial charge >= 0.3 is 0 Å². The van der Waals surface area contributed by atoms with Crippen LogP contribution in [0.5, 0.6) is 17.2 Å². The average molecular weight is 593 g/mol. The van der Waals surface area contributed by atoms with Gasteiger partial charge in [-0.05, 0) is 31.2 Å². The number of hydrogen-bond acceptors (Lipinski definition) is 14. The first kappa shape index (κ1) is 30.2. The summed E-state index contributed by atoms with van der Waals surface area (Å²) in [6.07, 6.45) is -16.0. The van der Waals surface area contributed by atoms with E-state index in [4.69, 9.17) is 23.4 Å². The molecule has 0 amide bonds. The van der Waals surface area contributed by atoms with E-state index in [0.717, 1.165) is 12.1 Å². The Kier molecular flexibility index (Phi) is 8.44. The van der Waals surface area contributed by atoms with Crippen molar-refractivity contribution in [2.45, 2.75) is 68.1 Å². The minimum atomic E-state index is -1.85. The molecule has 0 spiro atoms. The molecule has 5 rings (SSSR count). The van der Waals surface area contributed by atoms with E-state index in [9.17, 15) is 45.6 Å². The third kappa shape index (κ3) is 5.21. The molecule has 2 fully saturated rings. The van der Waals surface area contributed by atoms with Gasteiger partial charge < -0.3 is 64.2 Å². The number of phenolic OH excluding ortho intramolecular Hbond substituents is 2. The van der Waals surface area contributed by atoms with E-state index in [-0.39, 0.29) is 16.7 Å². The Hall–Kier alpha value is -3.31. The fourth-order valence-corrected chi connectivity index (χ4v) is 5.24. The summed E-state index contributed by atoms with van der Waals surface area (Å²) < 4.78 is 27.9. The summed E-state index contributed by atoms with van der Waals surface area (Å²) in [4.78, 5) is 13.2. The molecule has 1 aromatic heterocycles. The number of aromatic hydroxyl groups is 2. The van der Waals surface area contributed by atoms with Crippen LogP contribution in [0.25, 0.3) is 22.3 Å². The summed E-state index contributed by atoms with van der Waals surface area (Å²) in [5.74, 6) is -0.726. The second kappa shape index (κ2) is 11.8. The largest absolute Gasteiger partial charge is 0.507 e. The molecule has 0 saturated carbocycles. The van der Waals surface area contributed by atoms with Crippen molar-refractivity contribution in [2.75, 3.05) is 13.7 Å². The SMILES string of the molecule is COc1ccc(-c2cc(=O)c3c(O)c([C@@H]4O[C@H](CO)[C@@H](O)[C@@H](O)[C@H]4O[C@@H]4O[C@@H](C)[C@H](O)[C@H](O)[C@H]4O)c(O)cc3o2)cc1. The van der Waals surface area contributed by atoms with Gasteiger partial charge in [0.15, 0.2) is 11.7 Å².